The van der Waals surface area contributed by atoms with Gasteiger partial charge in [-0.25, -0.2) is 9.78 Å². The Kier molecular flexibility index (Phi) is 5.17. The molecular formula is C19H20N4O3. The summed E-state index contributed by atoms with van der Waals surface area (Å²) in [5, 5.41) is 8.58. The minimum absolute atomic E-state index is 0.433. The Morgan fingerprint density at radius 3 is 2.65 bits per heavy atom. The second-order valence-corrected chi connectivity index (χ2v) is 5.55. The fourth-order valence-corrected chi connectivity index (χ4v) is 2.70. The van der Waals surface area contributed by atoms with Crippen LogP contribution in [0.1, 0.15) is 11.3 Å². The van der Waals surface area contributed by atoms with Gasteiger partial charge in [-0.05, 0) is 29.8 Å². The molecule has 7 heteroatoms. The van der Waals surface area contributed by atoms with Crippen molar-refractivity contribution in [3.8, 4) is 5.75 Å². The third-order valence-corrected chi connectivity index (χ3v) is 4.00. The average Bonchev–Trinajstić information content (AvgIpc) is 3.04. The summed E-state index contributed by atoms with van der Waals surface area (Å²) in [6.07, 6.45) is 4.72. The molecule has 2 aromatic heterocycles. The van der Waals surface area contributed by atoms with Gasteiger partial charge in [-0.2, -0.15) is 5.10 Å². The number of benzene rings is 1. The van der Waals surface area contributed by atoms with E-state index in [1.54, 1.807) is 26.4 Å². The maximum absolute atomic E-state index is 11.4. The fourth-order valence-electron chi connectivity index (χ4n) is 2.70. The van der Waals surface area contributed by atoms with E-state index in [0.29, 0.717) is 18.1 Å². The summed E-state index contributed by atoms with van der Waals surface area (Å²) < 4.78 is 11.7. The van der Waals surface area contributed by atoms with E-state index in [9.17, 15) is 4.79 Å². The number of methoxy groups -OCH3 is 2. The zero-order chi connectivity index (χ0) is 18.5. The summed E-state index contributed by atoms with van der Waals surface area (Å²) in [4.78, 5) is 15.8. The largest absolute Gasteiger partial charge is 0.497 e. The first-order chi connectivity index (χ1) is 12.7. The van der Waals surface area contributed by atoms with E-state index in [1.807, 2.05) is 35.0 Å². The maximum atomic E-state index is 11.4. The van der Waals surface area contributed by atoms with Gasteiger partial charge in [-0.15, -0.1) is 0 Å². The van der Waals surface area contributed by atoms with Crippen LogP contribution in [0.3, 0.4) is 0 Å². The first-order valence-corrected chi connectivity index (χ1v) is 8.08. The second kappa shape index (κ2) is 7.69. The van der Waals surface area contributed by atoms with Crippen LogP contribution < -0.4 is 10.1 Å². The maximum Gasteiger partial charge on any atom is 0.330 e. The molecule has 3 rings (SSSR count). The van der Waals surface area contributed by atoms with E-state index >= 15 is 0 Å². The molecule has 1 N–H and O–H groups in total. The lowest BCUT2D eigenvalue weighted by molar-refractivity contribution is -0.134. The van der Waals surface area contributed by atoms with Gasteiger partial charge in [-0.1, -0.05) is 12.1 Å². The predicted molar refractivity (Wildman–Crippen MR) is 100 cm³/mol. The number of esters is 1. The summed E-state index contributed by atoms with van der Waals surface area (Å²) in [7, 11) is 4.78. The minimum atomic E-state index is -0.433. The molecule has 0 radical (unpaired) electrons. The van der Waals surface area contributed by atoms with Crippen molar-refractivity contribution in [2.45, 2.75) is 6.54 Å². The molecule has 7 nitrogen and oxygen atoms in total. The minimum Gasteiger partial charge on any atom is -0.497 e. The second-order valence-electron chi connectivity index (χ2n) is 5.55. The van der Waals surface area contributed by atoms with Crippen LogP contribution in [0.4, 0.5) is 5.82 Å². The van der Waals surface area contributed by atoms with E-state index in [0.717, 1.165) is 22.2 Å². The molecule has 0 bridgehead atoms. The molecule has 0 atom stereocenters. The zero-order valence-corrected chi connectivity index (χ0v) is 14.9. The smallest absolute Gasteiger partial charge is 0.330 e. The van der Waals surface area contributed by atoms with Crippen molar-refractivity contribution in [2.24, 2.45) is 0 Å². The Morgan fingerprint density at radius 1 is 1.23 bits per heavy atom. The van der Waals surface area contributed by atoms with Crippen LogP contribution in [-0.2, 0) is 16.1 Å². The van der Waals surface area contributed by atoms with Crippen LogP contribution >= 0.6 is 0 Å². The number of carbonyl (C=O) groups is 1. The van der Waals surface area contributed by atoms with Crippen molar-refractivity contribution in [1.82, 2.24) is 14.8 Å². The topological polar surface area (TPSA) is 78.3 Å². The molecule has 0 aliphatic carbocycles. The van der Waals surface area contributed by atoms with Gasteiger partial charge in [0.15, 0.2) is 0 Å². The number of nitrogens with zero attached hydrogens (tertiary/aromatic N) is 3. The van der Waals surface area contributed by atoms with Crippen molar-refractivity contribution in [2.75, 3.05) is 26.6 Å². The van der Waals surface area contributed by atoms with Crippen molar-refractivity contribution in [3.63, 3.8) is 0 Å². The number of fused-ring (bicyclic) bond motifs is 1. The van der Waals surface area contributed by atoms with Gasteiger partial charge in [0.2, 0.25) is 0 Å². The van der Waals surface area contributed by atoms with E-state index in [2.05, 4.69) is 20.1 Å². The molecule has 1 aromatic carbocycles. The van der Waals surface area contributed by atoms with Crippen LogP contribution in [-0.4, -0.2) is 42.0 Å². The van der Waals surface area contributed by atoms with Gasteiger partial charge < -0.3 is 14.8 Å². The number of hydrogen-bond acceptors (Lipinski definition) is 6. The molecule has 26 heavy (non-hydrogen) atoms. The molecule has 0 unspecified atom stereocenters. The molecule has 134 valence electrons. The fraction of sp³-hybridized carbons (Fsp3) is 0.211. The number of nitrogens with one attached hydrogen (secondary N) is 1. The number of hydrogen-bond donors (Lipinski definition) is 1. The van der Waals surface area contributed by atoms with Crippen LogP contribution in [0.25, 0.3) is 17.0 Å². The van der Waals surface area contributed by atoms with Gasteiger partial charge in [0.25, 0.3) is 0 Å². The number of rotatable bonds is 6. The molecular weight excluding hydrogens is 332 g/mol. The summed E-state index contributed by atoms with van der Waals surface area (Å²) in [5.41, 5.74) is 2.66. The van der Waals surface area contributed by atoms with Gasteiger partial charge in [0.05, 0.1) is 37.4 Å². The molecule has 2 heterocycles. The van der Waals surface area contributed by atoms with E-state index in [-0.39, 0.29) is 0 Å². The van der Waals surface area contributed by atoms with E-state index in [4.69, 9.17) is 4.74 Å². The molecule has 0 amide bonds. The predicted octanol–water partition coefficient (Wildman–Crippen LogP) is 2.72. The normalized spacial score (nSPS) is 11.0. The average molecular weight is 352 g/mol. The van der Waals surface area contributed by atoms with Crippen molar-refractivity contribution in [1.29, 1.82) is 0 Å². The highest BCUT2D eigenvalue weighted by atomic mass is 16.5. The van der Waals surface area contributed by atoms with Gasteiger partial charge in [-0.3, -0.25) is 4.68 Å². The van der Waals surface area contributed by atoms with Crippen LogP contribution in [0.2, 0.25) is 0 Å². The third kappa shape index (κ3) is 3.51. The Labute approximate surface area is 151 Å². The highest BCUT2D eigenvalue weighted by molar-refractivity contribution is 5.98. The summed E-state index contributed by atoms with van der Waals surface area (Å²) >= 11 is 0. The molecule has 0 saturated carbocycles. The lowest BCUT2D eigenvalue weighted by Gasteiger charge is -2.06. The monoisotopic (exact) mass is 352 g/mol. The quantitative estimate of drug-likeness (QED) is 0.543. The number of carbonyl (C=O) groups excluding carboxylic acids is 1. The number of anilines is 1. The Bertz CT molecular complexity index is 945. The molecule has 0 fully saturated rings. The highest BCUT2D eigenvalue weighted by Crippen LogP contribution is 2.26. The molecule has 0 aliphatic rings. The standard InChI is InChI=1S/C19H20N4O3/c1-20-19-18-15(8-9-17(24)26-3)22-23(16(18)10-11-21-19)12-13-4-6-14(25-2)7-5-13/h4-11H,12H2,1-3H3,(H,20,21)/b9-8+. The Hall–Kier alpha value is -3.35. The number of aromatic nitrogens is 3. The summed E-state index contributed by atoms with van der Waals surface area (Å²) in [6.45, 7) is 0.583. The molecule has 0 aliphatic heterocycles. The number of ether oxygens (including phenoxy) is 2. The van der Waals surface area contributed by atoms with Crippen molar-refractivity contribution >= 4 is 28.8 Å². The van der Waals surface area contributed by atoms with Crippen LogP contribution in [0.5, 0.6) is 5.75 Å². The lowest BCUT2D eigenvalue weighted by Crippen LogP contribution is -2.02. The lowest BCUT2D eigenvalue weighted by atomic mass is 10.2. The first kappa shape index (κ1) is 17.5. The van der Waals surface area contributed by atoms with Gasteiger partial charge >= 0.3 is 5.97 Å². The number of pyridine rings is 1. The first-order valence-electron chi connectivity index (χ1n) is 8.08. The molecule has 0 saturated heterocycles. The van der Waals surface area contributed by atoms with Crippen LogP contribution in [0.15, 0.2) is 42.6 Å². The van der Waals surface area contributed by atoms with Crippen molar-refractivity contribution < 1.29 is 14.3 Å². The zero-order valence-electron chi connectivity index (χ0n) is 14.9. The Morgan fingerprint density at radius 2 is 2.00 bits per heavy atom. The van der Waals surface area contributed by atoms with Crippen molar-refractivity contribution in [3.05, 3.63) is 53.9 Å². The van der Waals surface area contributed by atoms with E-state index < -0.39 is 5.97 Å². The molecule has 0 spiro atoms. The summed E-state index contributed by atoms with van der Waals surface area (Å²) in [5.74, 6) is 1.08. The van der Waals surface area contributed by atoms with Gasteiger partial charge in [0, 0.05) is 19.3 Å². The SMILES string of the molecule is CNc1nccc2c1c(/C=C/C(=O)OC)nn2Cc1ccc(OC)cc1. The van der Waals surface area contributed by atoms with Crippen LogP contribution in [0, 0.1) is 0 Å². The molecule has 3 aromatic rings. The Balaban J connectivity index is 2.04. The van der Waals surface area contributed by atoms with E-state index in [1.165, 1.54) is 13.2 Å². The van der Waals surface area contributed by atoms with Gasteiger partial charge in [0.1, 0.15) is 11.6 Å². The highest BCUT2D eigenvalue weighted by Gasteiger charge is 2.14. The summed E-state index contributed by atoms with van der Waals surface area (Å²) in [6, 6.07) is 9.73. The third-order valence-electron chi connectivity index (χ3n) is 4.00.